The molecule has 1 aliphatic heterocycles. The summed E-state index contributed by atoms with van der Waals surface area (Å²) in [7, 11) is -0.514. The van der Waals surface area contributed by atoms with Crippen molar-refractivity contribution in [2.75, 3.05) is 6.61 Å². The highest BCUT2D eigenvalue weighted by Gasteiger charge is 2.33. The van der Waals surface area contributed by atoms with Crippen molar-refractivity contribution in [3.05, 3.63) is 35.4 Å². The molecule has 0 spiro atoms. The van der Waals surface area contributed by atoms with Crippen LogP contribution in [0.2, 0.25) is 6.82 Å². The summed E-state index contributed by atoms with van der Waals surface area (Å²) in [4.78, 5) is 1.89. The highest BCUT2D eigenvalue weighted by molar-refractivity contribution is 6.45. The first-order valence-electron chi connectivity index (χ1n) is 4.86. The van der Waals surface area contributed by atoms with Gasteiger partial charge in [-0.25, -0.2) is 0 Å². The number of aliphatic hydroxyl groups excluding tert-OH is 1. The van der Waals surface area contributed by atoms with Gasteiger partial charge in [-0.05, 0) is 17.9 Å². The Bertz CT molecular complexity index is 330. The molecule has 74 valence electrons. The van der Waals surface area contributed by atoms with Crippen molar-refractivity contribution in [3.63, 3.8) is 0 Å². The average molecular weight is 191 g/mol. The van der Waals surface area contributed by atoms with Crippen LogP contribution in [0.15, 0.2) is 24.3 Å². The van der Waals surface area contributed by atoms with Gasteiger partial charge in [-0.2, -0.15) is 0 Å². The summed E-state index contributed by atoms with van der Waals surface area (Å²) in [6.45, 7) is 2.51. The maximum absolute atomic E-state index is 9.54. The molecule has 1 aromatic carbocycles. The van der Waals surface area contributed by atoms with Crippen molar-refractivity contribution < 1.29 is 10.1 Å². The molecule has 4 heteroatoms. The van der Waals surface area contributed by atoms with Crippen LogP contribution in [0.3, 0.4) is 0 Å². The maximum atomic E-state index is 9.54. The second kappa shape index (κ2) is 3.73. The van der Waals surface area contributed by atoms with E-state index in [0.717, 1.165) is 12.1 Å². The van der Waals surface area contributed by atoms with Crippen LogP contribution < -0.4 is 0 Å². The first-order chi connectivity index (χ1) is 6.74. The van der Waals surface area contributed by atoms with E-state index < -0.39 is 7.05 Å². The van der Waals surface area contributed by atoms with Crippen LogP contribution in [0.4, 0.5) is 0 Å². The monoisotopic (exact) mass is 191 g/mol. The third-order valence-electron chi connectivity index (χ3n) is 2.82. The van der Waals surface area contributed by atoms with Gasteiger partial charge in [0, 0.05) is 6.54 Å². The summed E-state index contributed by atoms with van der Waals surface area (Å²) in [5.74, 6) is 0. The van der Waals surface area contributed by atoms with Crippen molar-refractivity contribution in [1.29, 1.82) is 0 Å². The molecule has 0 aromatic heterocycles. The van der Waals surface area contributed by atoms with Gasteiger partial charge < -0.3 is 14.9 Å². The van der Waals surface area contributed by atoms with E-state index in [2.05, 4.69) is 0 Å². The fourth-order valence-corrected chi connectivity index (χ4v) is 2.08. The van der Waals surface area contributed by atoms with Crippen LogP contribution in [-0.2, 0) is 6.54 Å². The summed E-state index contributed by atoms with van der Waals surface area (Å²) < 4.78 is 0. The SMILES string of the molecule is CB(O)N1Cc2ccccc2C1CO. The summed E-state index contributed by atoms with van der Waals surface area (Å²) >= 11 is 0. The van der Waals surface area contributed by atoms with Crippen LogP contribution in [0.5, 0.6) is 0 Å². The minimum Gasteiger partial charge on any atom is -0.437 e. The van der Waals surface area contributed by atoms with E-state index in [9.17, 15) is 10.1 Å². The molecule has 0 bridgehead atoms. The molecule has 3 nitrogen and oxygen atoms in total. The van der Waals surface area contributed by atoms with Gasteiger partial charge in [-0.1, -0.05) is 24.3 Å². The normalized spacial score (nSPS) is 20.9. The standard InChI is InChI=1S/C10H14BNO2/c1-11(14)12-6-8-4-2-3-5-9(8)10(12)7-13/h2-5,10,13-14H,6-7H2,1H3. The zero-order valence-corrected chi connectivity index (χ0v) is 8.22. The fourth-order valence-electron chi connectivity index (χ4n) is 2.08. The molecule has 0 aliphatic carbocycles. The van der Waals surface area contributed by atoms with Gasteiger partial charge in [0.05, 0.1) is 12.6 Å². The largest absolute Gasteiger partial charge is 0.437 e. The number of nitrogens with zero attached hydrogens (tertiary/aromatic N) is 1. The molecule has 1 unspecified atom stereocenters. The van der Waals surface area contributed by atoms with Crippen LogP contribution in [-0.4, -0.2) is 28.6 Å². The number of hydrogen-bond acceptors (Lipinski definition) is 3. The molecule has 2 N–H and O–H groups in total. The van der Waals surface area contributed by atoms with E-state index in [-0.39, 0.29) is 12.6 Å². The fraction of sp³-hybridized carbons (Fsp3) is 0.400. The van der Waals surface area contributed by atoms with Crippen molar-refractivity contribution in [3.8, 4) is 0 Å². The van der Waals surface area contributed by atoms with E-state index in [1.165, 1.54) is 5.56 Å². The minimum absolute atomic E-state index is 0.0498. The zero-order chi connectivity index (χ0) is 10.1. The summed E-state index contributed by atoms with van der Waals surface area (Å²) in [6.07, 6.45) is 0. The van der Waals surface area contributed by atoms with Gasteiger partial charge in [0.25, 0.3) is 0 Å². The molecule has 2 rings (SSSR count). The number of rotatable bonds is 2. The Labute approximate surface area is 84.1 Å². The molecule has 0 saturated carbocycles. The van der Waals surface area contributed by atoms with E-state index in [1.807, 2.05) is 29.1 Å². The Hall–Kier alpha value is -0.835. The quantitative estimate of drug-likeness (QED) is 0.674. The van der Waals surface area contributed by atoms with E-state index >= 15 is 0 Å². The number of aliphatic hydroxyl groups is 1. The highest BCUT2D eigenvalue weighted by Crippen LogP contribution is 2.33. The van der Waals surface area contributed by atoms with E-state index in [0.29, 0.717) is 0 Å². The zero-order valence-electron chi connectivity index (χ0n) is 8.22. The molecule has 1 atom stereocenters. The lowest BCUT2D eigenvalue weighted by molar-refractivity contribution is 0.185. The van der Waals surface area contributed by atoms with Gasteiger partial charge in [0.15, 0.2) is 0 Å². The van der Waals surface area contributed by atoms with Gasteiger partial charge in [-0.3, -0.25) is 0 Å². The molecule has 0 fully saturated rings. The van der Waals surface area contributed by atoms with Gasteiger partial charge in [0.1, 0.15) is 0 Å². The number of fused-ring (bicyclic) bond motifs is 1. The smallest absolute Gasteiger partial charge is 0.377 e. The second-order valence-electron chi connectivity index (χ2n) is 3.70. The Balaban J connectivity index is 2.34. The molecule has 0 radical (unpaired) electrons. The third-order valence-corrected chi connectivity index (χ3v) is 2.82. The average Bonchev–Trinajstić information content (AvgIpc) is 2.56. The molecule has 1 aliphatic rings. The van der Waals surface area contributed by atoms with Crippen LogP contribution in [0.25, 0.3) is 0 Å². The molecular formula is C10H14BNO2. The number of benzene rings is 1. The minimum atomic E-state index is -0.514. The van der Waals surface area contributed by atoms with Crippen LogP contribution in [0, 0.1) is 0 Å². The van der Waals surface area contributed by atoms with Crippen molar-refractivity contribution in [2.24, 2.45) is 0 Å². The summed E-state index contributed by atoms with van der Waals surface area (Å²) in [5, 5.41) is 18.8. The lowest BCUT2D eigenvalue weighted by Gasteiger charge is -2.23. The topological polar surface area (TPSA) is 43.7 Å². The van der Waals surface area contributed by atoms with Crippen molar-refractivity contribution in [2.45, 2.75) is 19.4 Å². The van der Waals surface area contributed by atoms with Gasteiger partial charge in [-0.15, -0.1) is 0 Å². The van der Waals surface area contributed by atoms with Gasteiger partial charge >= 0.3 is 7.05 Å². The Morgan fingerprint density at radius 2 is 2.21 bits per heavy atom. The van der Waals surface area contributed by atoms with E-state index in [1.54, 1.807) is 6.82 Å². The molecular weight excluding hydrogens is 177 g/mol. The Kier molecular flexibility index (Phi) is 2.59. The predicted molar refractivity (Wildman–Crippen MR) is 55.6 cm³/mol. The van der Waals surface area contributed by atoms with Crippen molar-refractivity contribution >= 4 is 7.05 Å². The van der Waals surface area contributed by atoms with Crippen LogP contribution in [0.1, 0.15) is 17.2 Å². The predicted octanol–water partition coefficient (Wildman–Crippen LogP) is 0.646. The molecule has 0 saturated heterocycles. The molecule has 1 heterocycles. The number of hydrogen-bond donors (Lipinski definition) is 2. The molecule has 0 amide bonds. The highest BCUT2D eigenvalue weighted by atomic mass is 16.3. The van der Waals surface area contributed by atoms with Crippen LogP contribution >= 0.6 is 0 Å². The Morgan fingerprint density at radius 1 is 1.50 bits per heavy atom. The summed E-state index contributed by atoms with van der Waals surface area (Å²) in [5.41, 5.74) is 2.34. The first-order valence-corrected chi connectivity index (χ1v) is 4.86. The van der Waals surface area contributed by atoms with Crippen molar-refractivity contribution in [1.82, 2.24) is 4.81 Å². The first kappa shape index (κ1) is 9.71. The lowest BCUT2D eigenvalue weighted by Crippen LogP contribution is -2.36. The maximum Gasteiger partial charge on any atom is 0.377 e. The second-order valence-corrected chi connectivity index (χ2v) is 3.70. The Morgan fingerprint density at radius 3 is 2.86 bits per heavy atom. The van der Waals surface area contributed by atoms with Gasteiger partial charge in [0.2, 0.25) is 0 Å². The van der Waals surface area contributed by atoms with E-state index in [4.69, 9.17) is 0 Å². The lowest BCUT2D eigenvalue weighted by atomic mass is 9.84. The third kappa shape index (κ3) is 1.45. The molecule has 14 heavy (non-hydrogen) atoms. The summed E-state index contributed by atoms with van der Waals surface area (Å²) in [6, 6.07) is 7.95. The molecule has 1 aromatic rings.